The molecule has 0 aromatic heterocycles. The predicted molar refractivity (Wildman–Crippen MR) is 119 cm³/mol. The van der Waals surface area contributed by atoms with E-state index in [0.29, 0.717) is 13.2 Å². The highest BCUT2D eigenvalue weighted by molar-refractivity contribution is 7.99. The topological polar surface area (TPSA) is 41.6 Å². The first kappa shape index (κ1) is 19.4. The molecule has 5 heteroatoms. The maximum absolute atomic E-state index is 12.7. The summed E-state index contributed by atoms with van der Waals surface area (Å²) in [6, 6.07) is 24.6. The molecule has 1 amide bonds. The van der Waals surface area contributed by atoms with E-state index in [0.717, 1.165) is 39.6 Å². The largest absolute Gasteiger partial charge is 0.497 e. The van der Waals surface area contributed by atoms with Crippen LogP contribution in [0.15, 0.2) is 77.7 Å². The molecular weight excluding hydrogens is 380 g/mol. The average molecular weight is 405 g/mol. The number of anilines is 1. The Kier molecular flexibility index (Phi) is 6.06. The molecule has 1 heterocycles. The Labute approximate surface area is 175 Å². The number of benzene rings is 3. The highest BCUT2D eigenvalue weighted by atomic mass is 32.2. The molecule has 1 N–H and O–H groups in total. The standard InChI is InChI=1S/C24H24N2O2S/c1-28-20-10-5-9-19(15-20)16-26-17-25-24(27)23-21(26)11-6-12-22(23)29-14-13-18-7-3-2-4-8-18/h2-12,15H,13-14,16-17H2,1H3,(H,25,27). The van der Waals surface area contributed by atoms with Gasteiger partial charge in [-0.2, -0.15) is 0 Å². The van der Waals surface area contributed by atoms with E-state index in [-0.39, 0.29) is 5.91 Å². The van der Waals surface area contributed by atoms with Crippen LogP contribution in [-0.4, -0.2) is 25.4 Å². The van der Waals surface area contributed by atoms with E-state index in [4.69, 9.17) is 4.74 Å². The molecule has 0 bridgehead atoms. The Hall–Kier alpha value is -2.92. The van der Waals surface area contributed by atoms with Crippen LogP contribution in [0.3, 0.4) is 0 Å². The Balaban J connectivity index is 1.52. The fraction of sp³-hybridized carbons (Fsp3) is 0.208. The second-order valence-electron chi connectivity index (χ2n) is 6.95. The summed E-state index contributed by atoms with van der Waals surface area (Å²) in [7, 11) is 1.68. The summed E-state index contributed by atoms with van der Waals surface area (Å²) in [6.45, 7) is 1.21. The summed E-state index contributed by atoms with van der Waals surface area (Å²) in [4.78, 5) is 15.9. The molecule has 1 aliphatic heterocycles. The summed E-state index contributed by atoms with van der Waals surface area (Å²) < 4.78 is 5.34. The van der Waals surface area contributed by atoms with Crippen LogP contribution in [0.25, 0.3) is 0 Å². The first-order chi connectivity index (χ1) is 14.2. The number of ether oxygens (including phenoxy) is 1. The number of nitrogens with one attached hydrogen (secondary N) is 1. The molecule has 148 valence electrons. The highest BCUT2D eigenvalue weighted by Gasteiger charge is 2.25. The maximum atomic E-state index is 12.7. The molecule has 1 aliphatic rings. The number of carbonyl (C=O) groups excluding carboxylic acids is 1. The van der Waals surface area contributed by atoms with Crippen LogP contribution in [0.5, 0.6) is 5.75 Å². The van der Waals surface area contributed by atoms with Gasteiger partial charge >= 0.3 is 0 Å². The van der Waals surface area contributed by atoms with Crippen LogP contribution in [0.1, 0.15) is 21.5 Å². The summed E-state index contributed by atoms with van der Waals surface area (Å²) >= 11 is 1.74. The summed E-state index contributed by atoms with van der Waals surface area (Å²) in [5.74, 6) is 1.78. The van der Waals surface area contributed by atoms with Crippen molar-refractivity contribution in [2.75, 3.05) is 24.4 Å². The SMILES string of the molecule is COc1cccc(CN2CNC(=O)c3c(SCCc4ccccc4)cccc32)c1. The number of hydrogen-bond donors (Lipinski definition) is 1. The van der Waals surface area contributed by atoms with E-state index in [1.54, 1.807) is 18.9 Å². The number of amides is 1. The molecule has 3 aromatic carbocycles. The Morgan fingerprint density at radius 1 is 1.00 bits per heavy atom. The van der Waals surface area contributed by atoms with Crippen LogP contribution in [0.2, 0.25) is 0 Å². The van der Waals surface area contributed by atoms with Crippen LogP contribution < -0.4 is 15.0 Å². The number of thioether (sulfide) groups is 1. The van der Waals surface area contributed by atoms with E-state index < -0.39 is 0 Å². The van der Waals surface area contributed by atoms with E-state index in [2.05, 4.69) is 40.5 Å². The monoisotopic (exact) mass is 404 g/mol. The summed E-state index contributed by atoms with van der Waals surface area (Å²) in [5, 5.41) is 3.03. The minimum Gasteiger partial charge on any atom is -0.497 e. The number of methoxy groups -OCH3 is 1. The van der Waals surface area contributed by atoms with Gasteiger partial charge < -0.3 is 15.0 Å². The molecule has 4 nitrogen and oxygen atoms in total. The Morgan fingerprint density at radius 3 is 2.62 bits per heavy atom. The molecule has 0 atom stereocenters. The van der Waals surface area contributed by atoms with Gasteiger partial charge in [0, 0.05) is 17.2 Å². The molecule has 3 aromatic rings. The summed E-state index contributed by atoms with van der Waals surface area (Å²) in [5.41, 5.74) is 4.23. The minimum atomic E-state index is 0.00435. The fourth-order valence-corrected chi connectivity index (χ4v) is 4.60. The van der Waals surface area contributed by atoms with Crippen LogP contribution in [-0.2, 0) is 13.0 Å². The van der Waals surface area contributed by atoms with Crippen molar-refractivity contribution < 1.29 is 9.53 Å². The normalized spacial score (nSPS) is 13.0. The number of nitrogens with zero attached hydrogens (tertiary/aromatic N) is 1. The first-order valence-electron chi connectivity index (χ1n) is 9.70. The molecule has 0 fully saturated rings. The van der Waals surface area contributed by atoms with Crippen LogP contribution in [0.4, 0.5) is 5.69 Å². The summed E-state index contributed by atoms with van der Waals surface area (Å²) in [6.07, 6.45) is 0.977. The van der Waals surface area contributed by atoms with Crippen molar-refractivity contribution in [3.63, 3.8) is 0 Å². The molecule has 0 unspecified atom stereocenters. The molecular formula is C24H24N2O2S. The minimum absolute atomic E-state index is 0.00435. The van der Waals surface area contributed by atoms with Gasteiger partial charge in [0.2, 0.25) is 0 Å². The van der Waals surface area contributed by atoms with Gasteiger partial charge in [-0.15, -0.1) is 11.8 Å². The number of aryl methyl sites for hydroxylation is 1. The lowest BCUT2D eigenvalue weighted by Crippen LogP contribution is -2.43. The second-order valence-corrected chi connectivity index (χ2v) is 8.08. The van der Waals surface area contributed by atoms with Crippen molar-refractivity contribution >= 4 is 23.4 Å². The third-order valence-corrected chi connectivity index (χ3v) is 6.06. The van der Waals surface area contributed by atoms with Gasteiger partial charge in [0.05, 0.1) is 25.0 Å². The Bertz CT molecular complexity index is 991. The first-order valence-corrected chi connectivity index (χ1v) is 10.7. The van der Waals surface area contributed by atoms with Crippen LogP contribution in [0, 0.1) is 0 Å². The number of carbonyl (C=O) groups is 1. The molecule has 0 saturated carbocycles. The third kappa shape index (κ3) is 4.57. The highest BCUT2D eigenvalue weighted by Crippen LogP contribution is 2.34. The van der Waals surface area contributed by atoms with Gasteiger partial charge in [-0.05, 0) is 41.8 Å². The van der Waals surface area contributed by atoms with Crippen molar-refractivity contribution in [2.45, 2.75) is 17.9 Å². The number of hydrogen-bond acceptors (Lipinski definition) is 4. The van der Waals surface area contributed by atoms with Gasteiger partial charge in [-0.3, -0.25) is 4.79 Å². The van der Waals surface area contributed by atoms with Gasteiger partial charge in [-0.1, -0.05) is 48.5 Å². The maximum Gasteiger partial charge on any atom is 0.255 e. The van der Waals surface area contributed by atoms with E-state index >= 15 is 0 Å². The van der Waals surface area contributed by atoms with Gasteiger partial charge in [-0.25, -0.2) is 0 Å². The van der Waals surface area contributed by atoms with E-state index in [1.165, 1.54) is 5.56 Å². The quantitative estimate of drug-likeness (QED) is 0.578. The molecule has 0 saturated heterocycles. The van der Waals surface area contributed by atoms with Gasteiger partial charge in [0.25, 0.3) is 5.91 Å². The van der Waals surface area contributed by atoms with Gasteiger partial charge in [0.1, 0.15) is 5.75 Å². The van der Waals surface area contributed by atoms with Crippen molar-refractivity contribution in [3.05, 3.63) is 89.5 Å². The molecule has 0 aliphatic carbocycles. The predicted octanol–water partition coefficient (Wildman–Crippen LogP) is 4.74. The van der Waals surface area contributed by atoms with Crippen LogP contribution >= 0.6 is 11.8 Å². The fourth-order valence-electron chi connectivity index (χ4n) is 3.53. The Morgan fingerprint density at radius 2 is 1.79 bits per heavy atom. The molecule has 29 heavy (non-hydrogen) atoms. The van der Waals surface area contributed by atoms with E-state index in [1.807, 2.05) is 42.5 Å². The smallest absolute Gasteiger partial charge is 0.255 e. The third-order valence-electron chi connectivity index (χ3n) is 5.00. The number of rotatable bonds is 7. The lowest BCUT2D eigenvalue weighted by Gasteiger charge is -2.32. The van der Waals surface area contributed by atoms with Crippen molar-refractivity contribution in [1.29, 1.82) is 0 Å². The zero-order valence-corrected chi connectivity index (χ0v) is 17.2. The lowest BCUT2D eigenvalue weighted by atomic mass is 10.1. The lowest BCUT2D eigenvalue weighted by molar-refractivity contribution is 0.0944. The number of fused-ring (bicyclic) bond motifs is 1. The molecule has 0 spiro atoms. The van der Waals surface area contributed by atoms with Gasteiger partial charge in [0.15, 0.2) is 0 Å². The van der Waals surface area contributed by atoms with Crippen molar-refractivity contribution in [1.82, 2.24) is 5.32 Å². The zero-order chi connectivity index (χ0) is 20.1. The van der Waals surface area contributed by atoms with Crippen molar-refractivity contribution in [2.24, 2.45) is 0 Å². The molecule has 0 radical (unpaired) electrons. The van der Waals surface area contributed by atoms with Crippen molar-refractivity contribution in [3.8, 4) is 5.75 Å². The second kappa shape index (κ2) is 9.05. The van der Waals surface area contributed by atoms with E-state index in [9.17, 15) is 4.79 Å². The average Bonchev–Trinajstić information content (AvgIpc) is 2.77. The zero-order valence-electron chi connectivity index (χ0n) is 16.4. The molecule has 4 rings (SSSR count).